The summed E-state index contributed by atoms with van der Waals surface area (Å²) in [5, 5.41) is 4.10. The number of rotatable bonds is 4. The van der Waals surface area contributed by atoms with Crippen molar-refractivity contribution < 1.29 is 4.52 Å². The van der Waals surface area contributed by atoms with Crippen molar-refractivity contribution in [3.05, 3.63) is 81.1 Å². The fourth-order valence-corrected chi connectivity index (χ4v) is 4.22. The predicted molar refractivity (Wildman–Crippen MR) is 115 cm³/mol. The van der Waals surface area contributed by atoms with E-state index in [1.807, 2.05) is 52.9 Å². The Morgan fingerprint density at radius 3 is 2.63 bits per heavy atom. The largest absolute Gasteiger partial charge is 0.339 e. The van der Waals surface area contributed by atoms with Gasteiger partial charge in [0.1, 0.15) is 17.5 Å². The average Bonchev–Trinajstić information content (AvgIpc) is 3.32. The Labute approximate surface area is 179 Å². The highest BCUT2D eigenvalue weighted by Gasteiger charge is 2.30. The Balaban J connectivity index is 1.61. The van der Waals surface area contributed by atoms with E-state index in [2.05, 4.69) is 31.1 Å². The van der Waals surface area contributed by atoms with Crippen LogP contribution in [0.4, 0.5) is 0 Å². The average molecular weight is 462 g/mol. The molecule has 5 aromatic rings. The van der Waals surface area contributed by atoms with Gasteiger partial charge in [0.25, 0.3) is 5.56 Å². The molecule has 30 heavy (non-hydrogen) atoms. The summed E-state index contributed by atoms with van der Waals surface area (Å²) in [6.45, 7) is 0.432. The van der Waals surface area contributed by atoms with Crippen LogP contribution in [-0.4, -0.2) is 24.1 Å². The highest BCUT2D eigenvalue weighted by Crippen LogP contribution is 2.39. The van der Waals surface area contributed by atoms with E-state index in [-0.39, 0.29) is 5.56 Å². The molecule has 3 heterocycles. The van der Waals surface area contributed by atoms with Gasteiger partial charge in [-0.1, -0.05) is 51.4 Å². The lowest BCUT2D eigenvalue weighted by Gasteiger charge is -2.13. The molecule has 1 saturated carbocycles. The molecule has 0 amide bonds. The molecule has 0 aliphatic heterocycles. The number of aromatic nitrogens is 5. The number of hydrogen-bond acceptors (Lipinski definition) is 5. The van der Waals surface area contributed by atoms with Crippen LogP contribution in [0.1, 0.15) is 30.2 Å². The normalized spacial score (nSPS) is 14.0. The molecule has 0 radical (unpaired) electrons. The molecule has 0 atom stereocenters. The van der Waals surface area contributed by atoms with Crippen LogP contribution in [0.5, 0.6) is 0 Å². The smallest absolute Gasteiger partial charge is 0.278 e. The van der Waals surface area contributed by atoms with Gasteiger partial charge in [0.15, 0.2) is 0 Å². The molecule has 0 saturated heterocycles. The fourth-order valence-electron chi connectivity index (χ4n) is 3.81. The first-order chi connectivity index (χ1) is 14.7. The van der Waals surface area contributed by atoms with Gasteiger partial charge in [0.2, 0.25) is 11.7 Å². The van der Waals surface area contributed by atoms with Gasteiger partial charge < -0.3 is 9.09 Å². The summed E-state index contributed by atoms with van der Waals surface area (Å²) in [4.78, 5) is 22.7. The first kappa shape index (κ1) is 17.6. The molecule has 7 nitrogen and oxygen atoms in total. The molecule has 1 aliphatic rings. The van der Waals surface area contributed by atoms with Crippen LogP contribution in [0.25, 0.3) is 28.1 Å². The zero-order chi connectivity index (χ0) is 20.2. The van der Waals surface area contributed by atoms with Crippen molar-refractivity contribution in [2.45, 2.75) is 25.3 Å². The summed E-state index contributed by atoms with van der Waals surface area (Å²) in [7, 11) is 0. The Kier molecular flexibility index (Phi) is 3.89. The first-order valence-electron chi connectivity index (χ1n) is 9.76. The second kappa shape index (κ2) is 6.63. The van der Waals surface area contributed by atoms with E-state index >= 15 is 0 Å². The fraction of sp³-hybridized carbons (Fsp3) is 0.182. The monoisotopic (exact) mass is 461 g/mol. The number of nitrogens with zero attached hydrogens (tertiary/aromatic N) is 5. The number of benzene rings is 2. The Morgan fingerprint density at radius 2 is 1.83 bits per heavy atom. The van der Waals surface area contributed by atoms with Crippen LogP contribution in [0, 0.1) is 0 Å². The number of para-hydroxylation sites is 2. The van der Waals surface area contributed by atoms with Crippen molar-refractivity contribution in [2.24, 2.45) is 0 Å². The number of hydrogen-bond donors (Lipinski definition) is 0. The summed E-state index contributed by atoms with van der Waals surface area (Å²) >= 11 is 3.59. The standard InChI is InChI=1S/C22H16BrN5O2/c23-15-6-2-1-5-14(15)11-27-16-7-3-4-8-17(16)28-12-24-18(19(28)22(27)29)20-25-21(30-26-20)13-9-10-13/h1-8,12-13H,9-11H2. The quantitative estimate of drug-likeness (QED) is 0.396. The van der Waals surface area contributed by atoms with Gasteiger partial charge in [-0.25, -0.2) is 4.98 Å². The second-order valence-electron chi connectivity index (χ2n) is 7.51. The molecule has 1 aliphatic carbocycles. The molecular formula is C22H16BrN5O2. The van der Waals surface area contributed by atoms with E-state index < -0.39 is 0 Å². The third kappa shape index (κ3) is 2.71. The number of fused-ring (bicyclic) bond motifs is 3. The Hall–Kier alpha value is -3.26. The van der Waals surface area contributed by atoms with E-state index in [1.54, 1.807) is 10.9 Å². The maximum absolute atomic E-state index is 13.7. The molecule has 0 bridgehead atoms. The summed E-state index contributed by atoms with van der Waals surface area (Å²) in [5.41, 5.74) is 3.50. The van der Waals surface area contributed by atoms with Crippen LogP contribution in [-0.2, 0) is 6.54 Å². The number of halogens is 1. The van der Waals surface area contributed by atoms with Crippen molar-refractivity contribution in [2.75, 3.05) is 0 Å². The minimum atomic E-state index is -0.144. The molecule has 2 aromatic carbocycles. The minimum absolute atomic E-state index is 0.144. The van der Waals surface area contributed by atoms with Gasteiger partial charge in [-0.3, -0.25) is 9.20 Å². The predicted octanol–water partition coefficient (Wildman–Crippen LogP) is 4.39. The highest BCUT2D eigenvalue weighted by atomic mass is 79.9. The van der Waals surface area contributed by atoms with Gasteiger partial charge in [-0.05, 0) is 36.6 Å². The molecule has 0 unspecified atom stereocenters. The van der Waals surface area contributed by atoms with Crippen LogP contribution in [0.3, 0.4) is 0 Å². The van der Waals surface area contributed by atoms with E-state index in [0.29, 0.717) is 35.4 Å². The van der Waals surface area contributed by atoms with Crippen LogP contribution >= 0.6 is 15.9 Å². The minimum Gasteiger partial charge on any atom is -0.339 e. The zero-order valence-electron chi connectivity index (χ0n) is 15.8. The van der Waals surface area contributed by atoms with Gasteiger partial charge >= 0.3 is 0 Å². The van der Waals surface area contributed by atoms with Crippen molar-refractivity contribution in [1.82, 2.24) is 24.1 Å². The third-order valence-corrected chi connectivity index (χ3v) is 6.29. The maximum atomic E-state index is 13.7. The Bertz CT molecular complexity index is 1480. The molecule has 148 valence electrons. The van der Waals surface area contributed by atoms with E-state index in [0.717, 1.165) is 33.9 Å². The molecular weight excluding hydrogens is 446 g/mol. The lowest BCUT2D eigenvalue weighted by atomic mass is 10.2. The van der Waals surface area contributed by atoms with Gasteiger partial charge in [-0.15, -0.1) is 0 Å². The van der Waals surface area contributed by atoms with Crippen molar-refractivity contribution in [3.63, 3.8) is 0 Å². The maximum Gasteiger partial charge on any atom is 0.278 e. The van der Waals surface area contributed by atoms with E-state index in [1.165, 1.54) is 0 Å². The molecule has 0 N–H and O–H groups in total. The van der Waals surface area contributed by atoms with Crippen molar-refractivity contribution >= 4 is 32.5 Å². The second-order valence-corrected chi connectivity index (χ2v) is 8.37. The molecule has 3 aromatic heterocycles. The molecule has 0 spiro atoms. The number of imidazole rings is 1. The van der Waals surface area contributed by atoms with Gasteiger partial charge in [0.05, 0.1) is 17.6 Å². The van der Waals surface area contributed by atoms with Crippen molar-refractivity contribution in [1.29, 1.82) is 0 Å². The molecule has 1 fully saturated rings. The SMILES string of the molecule is O=c1c2c(-c3noc(C4CC4)n3)ncn2c2ccccc2n1Cc1ccccc1Br. The molecule has 8 heteroatoms. The highest BCUT2D eigenvalue weighted by molar-refractivity contribution is 9.10. The van der Waals surface area contributed by atoms with Gasteiger partial charge in [-0.2, -0.15) is 4.98 Å². The summed E-state index contributed by atoms with van der Waals surface area (Å²) in [5.74, 6) is 1.33. The first-order valence-corrected chi connectivity index (χ1v) is 10.6. The Morgan fingerprint density at radius 1 is 1.07 bits per heavy atom. The van der Waals surface area contributed by atoms with Gasteiger partial charge in [0, 0.05) is 10.4 Å². The van der Waals surface area contributed by atoms with Crippen LogP contribution < -0.4 is 5.56 Å². The van der Waals surface area contributed by atoms with Crippen LogP contribution in [0.2, 0.25) is 0 Å². The lowest BCUT2D eigenvalue weighted by molar-refractivity contribution is 0.380. The van der Waals surface area contributed by atoms with E-state index in [4.69, 9.17) is 4.52 Å². The topological polar surface area (TPSA) is 78.2 Å². The zero-order valence-corrected chi connectivity index (χ0v) is 17.4. The summed E-state index contributed by atoms with van der Waals surface area (Å²) < 4.78 is 9.96. The summed E-state index contributed by atoms with van der Waals surface area (Å²) in [6.07, 6.45) is 3.79. The summed E-state index contributed by atoms with van der Waals surface area (Å²) in [6, 6.07) is 15.7. The lowest BCUT2D eigenvalue weighted by Crippen LogP contribution is -2.24. The molecule has 6 rings (SSSR count). The van der Waals surface area contributed by atoms with E-state index in [9.17, 15) is 4.79 Å². The van der Waals surface area contributed by atoms with Crippen molar-refractivity contribution in [3.8, 4) is 11.5 Å². The van der Waals surface area contributed by atoms with Crippen LogP contribution in [0.15, 0.2) is 68.6 Å². The third-order valence-electron chi connectivity index (χ3n) is 5.51.